The van der Waals surface area contributed by atoms with E-state index in [-0.39, 0.29) is 23.2 Å². The molecular formula is C21H34O6. The largest absolute Gasteiger partial charge is 0.469 e. The summed E-state index contributed by atoms with van der Waals surface area (Å²) in [7, 11) is 1.42. The fourth-order valence-corrected chi connectivity index (χ4v) is 7.40. The van der Waals surface area contributed by atoms with Crippen LogP contribution in [0.4, 0.5) is 0 Å². The summed E-state index contributed by atoms with van der Waals surface area (Å²) in [4.78, 5) is 12.7. The van der Waals surface area contributed by atoms with Crippen molar-refractivity contribution in [3.8, 4) is 0 Å². The number of rotatable bonds is 2. The molecule has 0 aromatic rings. The highest BCUT2D eigenvalue weighted by molar-refractivity contribution is 5.77. The molecule has 0 radical (unpaired) electrons. The van der Waals surface area contributed by atoms with Crippen molar-refractivity contribution in [2.24, 2.45) is 22.7 Å². The third-order valence-electron chi connectivity index (χ3n) is 9.15. The number of epoxide rings is 1. The number of hydrogen-bond donors (Lipinski definition) is 3. The smallest absolute Gasteiger partial charge is 0.311 e. The van der Waals surface area contributed by atoms with E-state index >= 15 is 0 Å². The van der Waals surface area contributed by atoms with Gasteiger partial charge in [0.1, 0.15) is 11.7 Å². The zero-order chi connectivity index (χ0) is 20.0. The SMILES string of the molecule is COC(=O)[C@]1(C)CCC[C@@]2(C)[C@H]1C[C@@H](O)[C@@]13O[C@]12CC[C@](O)(C(C)C)[C@@H]3O. The van der Waals surface area contributed by atoms with Crippen LogP contribution >= 0.6 is 0 Å². The Hall–Kier alpha value is -0.690. The normalized spacial score (nSPS) is 56.7. The summed E-state index contributed by atoms with van der Waals surface area (Å²) in [5.74, 6) is -0.465. The third kappa shape index (κ3) is 1.93. The van der Waals surface area contributed by atoms with Crippen molar-refractivity contribution in [3.63, 3.8) is 0 Å². The van der Waals surface area contributed by atoms with E-state index in [4.69, 9.17) is 9.47 Å². The van der Waals surface area contributed by atoms with Crippen LogP contribution < -0.4 is 0 Å². The lowest BCUT2D eigenvalue weighted by Gasteiger charge is -2.60. The van der Waals surface area contributed by atoms with Crippen LogP contribution in [0.25, 0.3) is 0 Å². The Morgan fingerprint density at radius 1 is 1.15 bits per heavy atom. The molecule has 1 aliphatic heterocycles. The van der Waals surface area contributed by atoms with Gasteiger partial charge in [0.2, 0.25) is 0 Å². The number of esters is 1. The summed E-state index contributed by atoms with van der Waals surface area (Å²) < 4.78 is 11.5. The predicted octanol–water partition coefficient (Wildman–Crippen LogP) is 1.79. The lowest BCUT2D eigenvalue weighted by Crippen LogP contribution is -2.71. The van der Waals surface area contributed by atoms with Crippen molar-refractivity contribution in [3.05, 3.63) is 0 Å². The highest BCUT2D eigenvalue weighted by Gasteiger charge is 2.90. The first-order valence-electron chi connectivity index (χ1n) is 10.3. The van der Waals surface area contributed by atoms with Crippen molar-refractivity contribution in [1.82, 2.24) is 0 Å². The summed E-state index contributed by atoms with van der Waals surface area (Å²) in [5.41, 5.74) is -4.13. The zero-order valence-electron chi connectivity index (χ0n) is 17.1. The number of aliphatic hydroxyl groups is 3. The molecular weight excluding hydrogens is 348 g/mol. The molecule has 0 amide bonds. The molecule has 0 aromatic carbocycles. The van der Waals surface area contributed by atoms with Crippen LogP contribution in [-0.4, -0.2) is 57.4 Å². The monoisotopic (exact) mass is 382 g/mol. The standard InChI is InChI=1S/C21H34O6/c1-12(2)19(25)9-10-20-18(4)8-6-7-17(3,16(24)26-5)13(18)11-14(22)21(20,27-20)15(19)23/h12-15,22-23,25H,6-11H2,1-5H3/t13-,14+,15-,17+,18-,19-,20-,21-/m0/s1. The lowest BCUT2D eigenvalue weighted by molar-refractivity contribution is -0.204. The Kier molecular flexibility index (Phi) is 3.97. The number of hydrogen-bond acceptors (Lipinski definition) is 6. The van der Waals surface area contributed by atoms with Gasteiger partial charge < -0.3 is 24.8 Å². The van der Waals surface area contributed by atoms with E-state index in [9.17, 15) is 20.1 Å². The van der Waals surface area contributed by atoms with Gasteiger partial charge in [0, 0.05) is 5.41 Å². The van der Waals surface area contributed by atoms with Gasteiger partial charge >= 0.3 is 5.97 Å². The first-order chi connectivity index (χ1) is 12.5. The van der Waals surface area contributed by atoms with Crippen molar-refractivity contribution in [2.75, 3.05) is 7.11 Å². The molecule has 0 aromatic heterocycles. The van der Waals surface area contributed by atoms with Gasteiger partial charge in [-0.05, 0) is 50.9 Å². The average Bonchev–Trinajstić information content (AvgIpc) is 3.34. The van der Waals surface area contributed by atoms with Crippen LogP contribution in [0.15, 0.2) is 0 Å². The highest BCUT2D eigenvalue weighted by atomic mass is 16.7. The van der Waals surface area contributed by atoms with Crippen LogP contribution in [0.2, 0.25) is 0 Å². The quantitative estimate of drug-likeness (QED) is 0.497. The van der Waals surface area contributed by atoms with Crippen molar-refractivity contribution >= 4 is 5.97 Å². The predicted molar refractivity (Wildman–Crippen MR) is 97.8 cm³/mol. The van der Waals surface area contributed by atoms with Crippen LogP contribution in [-0.2, 0) is 14.3 Å². The van der Waals surface area contributed by atoms with E-state index in [1.165, 1.54) is 7.11 Å². The molecule has 154 valence electrons. The molecule has 6 nitrogen and oxygen atoms in total. The van der Waals surface area contributed by atoms with Gasteiger partial charge in [0.15, 0.2) is 5.60 Å². The molecule has 3 aliphatic carbocycles. The minimum absolute atomic E-state index is 0.0886. The molecule has 1 heterocycles. The number of carbonyl (C=O) groups excluding carboxylic acids is 1. The average molecular weight is 382 g/mol. The molecule has 27 heavy (non-hydrogen) atoms. The highest BCUT2D eigenvalue weighted by Crippen LogP contribution is 2.78. The van der Waals surface area contributed by atoms with E-state index in [0.717, 1.165) is 19.3 Å². The molecule has 0 unspecified atom stereocenters. The van der Waals surface area contributed by atoms with Gasteiger partial charge in [-0.1, -0.05) is 27.2 Å². The maximum Gasteiger partial charge on any atom is 0.311 e. The van der Waals surface area contributed by atoms with Crippen molar-refractivity contribution in [2.45, 2.75) is 95.2 Å². The molecule has 4 rings (SSSR count). The fourth-order valence-electron chi connectivity index (χ4n) is 7.40. The second-order valence-electron chi connectivity index (χ2n) is 10.3. The Bertz CT molecular complexity index is 665. The summed E-state index contributed by atoms with van der Waals surface area (Å²) in [6.07, 6.45) is 1.81. The Morgan fingerprint density at radius 2 is 1.81 bits per heavy atom. The molecule has 4 fully saturated rings. The van der Waals surface area contributed by atoms with E-state index in [1.54, 1.807) is 0 Å². The third-order valence-corrected chi connectivity index (χ3v) is 9.15. The zero-order valence-corrected chi connectivity index (χ0v) is 17.1. The topological polar surface area (TPSA) is 99.5 Å². The summed E-state index contributed by atoms with van der Waals surface area (Å²) >= 11 is 0. The van der Waals surface area contributed by atoms with E-state index in [0.29, 0.717) is 19.3 Å². The van der Waals surface area contributed by atoms with Gasteiger partial charge in [-0.3, -0.25) is 4.79 Å². The summed E-state index contributed by atoms with van der Waals surface area (Å²) in [5, 5.41) is 33.6. The summed E-state index contributed by atoms with van der Waals surface area (Å²) in [6.45, 7) is 7.88. The van der Waals surface area contributed by atoms with E-state index in [2.05, 4.69) is 6.92 Å². The van der Waals surface area contributed by atoms with Crippen molar-refractivity contribution < 1.29 is 29.6 Å². The van der Waals surface area contributed by atoms with Gasteiger partial charge in [-0.2, -0.15) is 0 Å². The second-order valence-corrected chi connectivity index (χ2v) is 10.3. The molecule has 0 bridgehead atoms. The first-order valence-corrected chi connectivity index (χ1v) is 10.3. The first kappa shape index (κ1) is 19.6. The molecule has 6 heteroatoms. The van der Waals surface area contributed by atoms with Gasteiger partial charge in [0.25, 0.3) is 0 Å². The molecule has 3 saturated carbocycles. The number of carbonyl (C=O) groups is 1. The fraction of sp³-hybridized carbons (Fsp3) is 0.952. The second kappa shape index (κ2) is 5.47. The van der Waals surface area contributed by atoms with Crippen LogP contribution in [0, 0.1) is 22.7 Å². The number of fused-ring (bicyclic) bond motifs is 1. The van der Waals surface area contributed by atoms with Gasteiger partial charge in [-0.15, -0.1) is 0 Å². The summed E-state index contributed by atoms with van der Waals surface area (Å²) in [6, 6.07) is 0. The molecule has 1 saturated heterocycles. The Labute approximate surface area is 161 Å². The maximum absolute atomic E-state index is 12.7. The van der Waals surface area contributed by atoms with Crippen LogP contribution in [0.5, 0.6) is 0 Å². The van der Waals surface area contributed by atoms with Gasteiger partial charge in [0.05, 0.1) is 24.2 Å². The van der Waals surface area contributed by atoms with Crippen LogP contribution in [0.3, 0.4) is 0 Å². The number of ether oxygens (including phenoxy) is 2. The maximum atomic E-state index is 12.7. The number of methoxy groups -OCH3 is 1. The van der Waals surface area contributed by atoms with E-state index in [1.807, 2.05) is 20.8 Å². The molecule has 3 N–H and O–H groups in total. The minimum atomic E-state index is -1.27. The van der Waals surface area contributed by atoms with Gasteiger partial charge in [-0.25, -0.2) is 0 Å². The molecule has 0 spiro atoms. The lowest BCUT2D eigenvalue weighted by atomic mass is 9.42. The van der Waals surface area contributed by atoms with Crippen LogP contribution in [0.1, 0.15) is 66.2 Å². The Morgan fingerprint density at radius 3 is 2.41 bits per heavy atom. The Balaban J connectivity index is 1.79. The van der Waals surface area contributed by atoms with Crippen molar-refractivity contribution in [1.29, 1.82) is 0 Å². The van der Waals surface area contributed by atoms with E-state index < -0.39 is 34.4 Å². The molecule has 8 atom stereocenters. The molecule has 4 aliphatic rings. The minimum Gasteiger partial charge on any atom is -0.469 e. The number of aliphatic hydroxyl groups excluding tert-OH is 2.